The molecule has 1 aliphatic carbocycles. The quantitative estimate of drug-likeness (QED) is 0.612. The van der Waals surface area contributed by atoms with Crippen LogP contribution in [0, 0.1) is 17.1 Å². The zero-order valence-corrected chi connectivity index (χ0v) is 21.0. The Morgan fingerprint density at radius 2 is 1.84 bits per heavy atom. The van der Waals surface area contributed by atoms with Crippen LogP contribution in [0.3, 0.4) is 0 Å². The topological polar surface area (TPSA) is 103 Å². The number of imide groups is 1. The van der Waals surface area contributed by atoms with Crippen LogP contribution in [0.1, 0.15) is 71.5 Å². The predicted octanol–water partition coefficient (Wildman–Crippen LogP) is 3.25. The van der Waals surface area contributed by atoms with Gasteiger partial charge in [0, 0.05) is 43.6 Å². The molecule has 6 rings (SSSR count). The lowest BCUT2D eigenvalue weighted by atomic mass is 9.84. The lowest BCUT2D eigenvalue weighted by molar-refractivity contribution is -0.136. The molecule has 1 unspecified atom stereocenters. The molecule has 3 aliphatic heterocycles. The Labute approximate surface area is 220 Å². The van der Waals surface area contributed by atoms with Crippen LogP contribution in [0.2, 0.25) is 0 Å². The summed E-state index contributed by atoms with van der Waals surface area (Å²) in [6.07, 6.45) is 4.78. The van der Waals surface area contributed by atoms with E-state index in [4.69, 9.17) is 10.00 Å². The molecule has 2 aromatic carbocycles. The van der Waals surface area contributed by atoms with E-state index in [0.717, 1.165) is 49.9 Å². The first-order valence-corrected chi connectivity index (χ1v) is 13.3. The van der Waals surface area contributed by atoms with Crippen molar-refractivity contribution < 1.29 is 23.5 Å². The molecule has 8 nitrogen and oxygen atoms in total. The van der Waals surface area contributed by atoms with E-state index in [1.807, 2.05) is 24.3 Å². The highest BCUT2D eigenvalue weighted by molar-refractivity contribution is 6.05. The van der Waals surface area contributed by atoms with Crippen molar-refractivity contribution in [2.45, 2.75) is 69.2 Å². The van der Waals surface area contributed by atoms with Gasteiger partial charge in [-0.2, -0.15) is 5.26 Å². The highest BCUT2D eigenvalue weighted by atomic mass is 19.1. The number of hydrogen-bond donors (Lipinski definition) is 1. The van der Waals surface area contributed by atoms with Gasteiger partial charge in [0.15, 0.2) is 0 Å². The summed E-state index contributed by atoms with van der Waals surface area (Å²) in [6, 6.07) is 11.9. The zero-order valence-electron chi connectivity index (χ0n) is 21.0. The van der Waals surface area contributed by atoms with Crippen LogP contribution in [0.4, 0.5) is 4.39 Å². The summed E-state index contributed by atoms with van der Waals surface area (Å²) >= 11 is 0. The van der Waals surface area contributed by atoms with Crippen molar-refractivity contribution >= 4 is 17.7 Å². The Bertz CT molecular complexity index is 1350. The molecule has 3 heterocycles. The highest BCUT2D eigenvalue weighted by Gasteiger charge is 2.41. The number of amides is 3. The molecule has 9 heteroatoms. The number of carbonyl (C=O) groups excluding carboxylic acids is 3. The number of piperidine rings is 1. The molecule has 0 aromatic heterocycles. The summed E-state index contributed by atoms with van der Waals surface area (Å²) in [5, 5.41) is 11.3. The van der Waals surface area contributed by atoms with Crippen molar-refractivity contribution in [1.82, 2.24) is 15.1 Å². The molecule has 38 heavy (non-hydrogen) atoms. The lowest BCUT2D eigenvalue weighted by Crippen LogP contribution is -2.57. The summed E-state index contributed by atoms with van der Waals surface area (Å²) in [7, 11) is 0. The third-order valence-corrected chi connectivity index (χ3v) is 8.41. The zero-order chi connectivity index (χ0) is 26.4. The fraction of sp³-hybridized carbons (Fsp3) is 0.448. The number of hydrogen-bond acceptors (Lipinski definition) is 6. The van der Waals surface area contributed by atoms with Gasteiger partial charge in [-0.25, -0.2) is 4.39 Å². The van der Waals surface area contributed by atoms with Gasteiger partial charge in [-0.3, -0.25) is 24.6 Å². The van der Waals surface area contributed by atoms with E-state index >= 15 is 0 Å². The Balaban J connectivity index is 1.11. The molecule has 1 N–H and O–H groups in total. The molecule has 1 saturated carbocycles. The molecular weight excluding hydrogens is 487 g/mol. The molecule has 0 radical (unpaired) electrons. The van der Waals surface area contributed by atoms with Crippen molar-refractivity contribution in [3.63, 3.8) is 0 Å². The van der Waals surface area contributed by atoms with Crippen LogP contribution < -0.4 is 10.1 Å². The van der Waals surface area contributed by atoms with Gasteiger partial charge in [-0.15, -0.1) is 0 Å². The number of carbonyl (C=O) groups is 3. The number of halogens is 1. The Kier molecular flexibility index (Phi) is 6.36. The molecular formula is C29H29FN4O4. The summed E-state index contributed by atoms with van der Waals surface area (Å²) < 4.78 is 20.6. The molecule has 3 atom stereocenters. The van der Waals surface area contributed by atoms with Gasteiger partial charge in [0.25, 0.3) is 5.91 Å². The number of ether oxygens (including phenoxy) is 1. The average molecular weight is 517 g/mol. The van der Waals surface area contributed by atoms with Gasteiger partial charge in [-0.05, 0) is 67.1 Å². The van der Waals surface area contributed by atoms with Gasteiger partial charge in [0.1, 0.15) is 29.8 Å². The van der Waals surface area contributed by atoms with Gasteiger partial charge in [0.05, 0.1) is 5.56 Å². The minimum absolute atomic E-state index is 0.0174. The molecule has 3 fully saturated rings. The maximum absolute atomic E-state index is 14.1. The fourth-order valence-electron chi connectivity index (χ4n) is 6.30. The normalized spacial score (nSPS) is 25.9. The smallest absolute Gasteiger partial charge is 0.255 e. The number of nitriles is 1. The molecule has 2 saturated heterocycles. The van der Waals surface area contributed by atoms with E-state index in [1.165, 1.54) is 6.07 Å². The van der Waals surface area contributed by atoms with E-state index < -0.39 is 17.8 Å². The van der Waals surface area contributed by atoms with Crippen molar-refractivity contribution in [3.8, 4) is 11.8 Å². The highest BCUT2D eigenvalue weighted by Crippen LogP contribution is 2.37. The molecule has 2 aromatic rings. The van der Waals surface area contributed by atoms with Crippen molar-refractivity contribution in [1.29, 1.82) is 5.26 Å². The van der Waals surface area contributed by atoms with Gasteiger partial charge in [-0.1, -0.05) is 12.5 Å². The third kappa shape index (κ3) is 4.43. The number of benzene rings is 2. The van der Waals surface area contributed by atoms with Crippen molar-refractivity contribution in [3.05, 3.63) is 64.5 Å². The molecule has 4 aliphatic rings. The summed E-state index contributed by atoms with van der Waals surface area (Å²) in [5.41, 5.74) is 2.40. The molecule has 0 spiro atoms. The lowest BCUT2D eigenvalue weighted by Gasteiger charge is -2.48. The van der Waals surface area contributed by atoms with Crippen LogP contribution in [0.25, 0.3) is 0 Å². The first kappa shape index (κ1) is 24.6. The first-order valence-electron chi connectivity index (χ1n) is 13.3. The van der Waals surface area contributed by atoms with Crippen molar-refractivity contribution in [2.75, 3.05) is 13.1 Å². The van der Waals surface area contributed by atoms with Crippen molar-refractivity contribution in [2.24, 2.45) is 0 Å². The molecule has 0 bridgehead atoms. The number of likely N-dealkylation sites (tertiary alicyclic amines) is 1. The third-order valence-electron chi connectivity index (χ3n) is 8.41. The maximum atomic E-state index is 14.1. The number of rotatable bonds is 5. The predicted molar refractivity (Wildman–Crippen MR) is 135 cm³/mol. The van der Waals surface area contributed by atoms with E-state index in [9.17, 15) is 18.8 Å². The number of fused-ring (bicyclic) bond motifs is 1. The van der Waals surface area contributed by atoms with E-state index in [1.54, 1.807) is 17.0 Å². The summed E-state index contributed by atoms with van der Waals surface area (Å²) in [5.74, 6) is -0.420. The summed E-state index contributed by atoms with van der Waals surface area (Å²) in [6.45, 7) is 1.98. The second-order valence-electron chi connectivity index (χ2n) is 10.7. The van der Waals surface area contributed by atoms with Crippen LogP contribution in [-0.4, -0.2) is 58.8 Å². The fourth-order valence-corrected chi connectivity index (χ4v) is 6.30. The first-order chi connectivity index (χ1) is 18.4. The Morgan fingerprint density at radius 3 is 2.61 bits per heavy atom. The summed E-state index contributed by atoms with van der Waals surface area (Å²) in [4.78, 5) is 40.8. The van der Waals surface area contributed by atoms with Crippen LogP contribution in [0.15, 0.2) is 36.4 Å². The van der Waals surface area contributed by atoms with E-state index in [0.29, 0.717) is 24.3 Å². The van der Waals surface area contributed by atoms with Crippen LogP contribution in [-0.2, 0) is 16.1 Å². The molecule has 3 amide bonds. The van der Waals surface area contributed by atoms with E-state index in [2.05, 4.69) is 10.2 Å². The second kappa shape index (κ2) is 9.84. The SMILES string of the molecule is N#Cc1ccc(C2CN([C@H]3CCCC[C@@H]3Oc3ccc4c(c3)CN(C3CCC(=O)NC3=O)C4=O)C2)cc1F. The van der Waals surface area contributed by atoms with Gasteiger partial charge < -0.3 is 9.64 Å². The Hall–Kier alpha value is -3.77. The monoisotopic (exact) mass is 516 g/mol. The molecule has 196 valence electrons. The number of nitrogens with zero attached hydrogens (tertiary/aromatic N) is 3. The largest absolute Gasteiger partial charge is 0.489 e. The minimum Gasteiger partial charge on any atom is -0.489 e. The minimum atomic E-state index is -0.636. The second-order valence-corrected chi connectivity index (χ2v) is 10.7. The Morgan fingerprint density at radius 1 is 1.03 bits per heavy atom. The maximum Gasteiger partial charge on any atom is 0.255 e. The average Bonchev–Trinajstić information content (AvgIpc) is 3.19. The van der Waals surface area contributed by atoms with Crippen LogP contribution >= 0.6 is 0 Å². The van der Waals surface area contributed by atoms with Gasteiger partial charge in [0.2, 0.25) is 11.8 Å². The van der Waals surface area contributed by atoms with Gasteiger partial charge >= 0.3 is 0 Å². The van der Waals surface area contributed by atoms with E-state index in [-0.39, 0.29) is 41.9 Å². The number of nitrogens with one attached hydrogen (secondary N) is 1. The standard InChI is InChI=1S/C29H29FN4O4/c30-23-12-17(5-6-18(23)13-31)20-14-33(15-20)24-3-1-2-4-26(24)38-21-7-8-22-19(11-21)16-34(29(22)37)25-9-10-27(35)32-28(25)36/h5-8,11-12,20,24-26H,1-4,9-10,14-16H2,(H,32,35,36)/t24-,25?,26-/m0/s1. The van der Waals surface area contributed by atoms with Crippen LogP contribution in [0.5, 0.6) is 5.75 Å².